The Balaban J connectivity index is 3.36. The minimum absolute atomic E-state index is 0.186. The maximum atomic E-state index is 10.4. The minimum atomic E-state index is -1.03. The Hall–Kier alpha value is -0.573. The van der Waals surface area contributed by atoms with Crippen LogP contribution in [0.1, 0.15) is 19.8 Å². The lowest BCUT2D eigenvalue weighted by atomic mass is 10.3. The van der Waals surface area contributed by atoms with E-state index >= 15 is 0 Å². The molecule has 0 aromatic heterocycles. The van der Waals surface area contributed by atoms with Gasteiger partial charge in [0, 0.05) is 6.92 Å². The third-order valence-electron chi connectivity index (χ3n) is 1.44. The summed E-state index contributed by atoms with van der Waals surface area (Å²) < 4.78 is 4.81. The Morgan fingerprint density at radius 1 is 1.38 bits per heavy atom. The van der Waals surface area contributed by atoms with Crippen LogP contribution in [-0.4, -0.2) is 20.7 Å². The van der Waals surface area contributed by atoms with E-state index in [1.165, 1.54) is 6.92 Å². The van der Waals surface area contributed by atoms with Gasteiger partial charge in [-0.25, -0.2) is 0 Å². The van der Waals surface area contributed by atoms with E-state index in [-0.39, 0.29) is 5.97 Å². The second-order valence-corrected chi connectivity index (χ2v) is 9.32. The first-order valence-corrected chi connectivity index (χ1v) is 8.30. The smallest absolute Gasteiger partial charge is 0.302 e. The molecule has 0 atom stereocenters. The fourth-order valence-corrected chi connectivity index (χ4v) is 1.73. The minimum Gasteiger partial charge on any atom is -0.466 e. The molecule has 13 heavy (non-hydrogen) atoms. The first kappa shape index (κ1) is 12.4. The van der Waals surface area contributed by atoms with Crippen molar-refractivity contribution in [3.63, 3.8) is 0 Å². The number of carbonyl (C=O) groups excluding carboxylic acids is 1. The summed E-state index contributed by atoms with van der Waals surface area (Å²) in [7, 11) is -1.03. The molecule has 0 aromatic carbocycles. The molecule has 0 bridgehead atoms. The summed E-state index contributed by atoms with van der Waals surface area (Å²) in [4.78, 5) is 10.4. The molecule has 76 valence electrons. The van der Waals surface area contributed by atoms with E-state index in [0.717, 1.165) is 12.8 Å². The summed E-state index contributed by atoms with van der Waals surface area (Å²) in [5, 5.41) is 0. The molecule has 0 spiro atoms. The van der Waals surface area contributed by atoms with Crippen LogP contribution in [-0.2, 0) is 9.53 Å². The van der Waals surface area contributed by atoms with Gasteiger partial charge in [-0.05, 0) is 12.8 Å². The summed E-state index contributed by atoms with van der Waals surface area (Å²) in [5.41, 5.74) is 2.32. The molecule has 0 aliphatic heterocycles. The van der Waals surface area contributed by atoms with Gasteiger partial charge in [0.15, 0.2) is 0 Å². The van der Waals surface area contributed by atoms with E-state index in [1.54, 1.807) is 0 Å². The molecular formula is C10H20O2Si. The van der Waals surface area contributed by atoms with Crippen LogP contribution in [0.5, 0.6) is 0 Å². The number of carbonyl (C=O) groups is 1. The van der Waals surface area contributed by atoms with Crippen molar-refractivity contribution in [2.75, 3.05) is 6.61 Å². The highest BCUT2D eigenvalue weighted by atomic mass is 28.3. The normalized spacial score (nSPS) is 12.0. The molecule has 0 aromatic rings. The van der Waals surface area contributed by atoms with Crippen molar-refractivity contribution in [3.8, 4) is 0 Å². The van der Waals surface area contributed by atoms with Crippen LogP contribution >= 0.6 is 0 Å². The first-order valence-electron chi connectivity index (χ1n) is 4.73. The van der Waals surface area contributed by atoms with Gasteiger partial charge in [-0.2, -0.15) is 0 Å². The third-order valence-corrected chi connectivity index (χ3v) is 2.67. The predicted octanol–water partition coefficient (Wildman–Crippen LogP) is 2.76. The molecule has 0 saturated heterocycles. The van der Waals surface area contributed by atoms with Gasteiger partial charge >= 0.3 is 5.97 Å². The Bertz CT molecular complexity index is 180. The number of unbranched alkanes of at least 4 members (excludes halogenated alkanes) is 1. The quantitative estimate of drug-likeness (QED) is 0.387. The predicted molar refractivity (Wildman–Crippen MR) is 58.4 cm³/mol. The van der Waals surface area contributed by atoms with Crippen LogP contribution in [0.15, 0.2) is 11.8 Å². The van der Waals surface area contributed by atoms with E-state index in [2.05, 4.69) is 31.4 Å². The monoisotopic (exact) mass is 200 g/mol. The molecular weight excluding hydrogens is 180 g/mol. The molecule has 3 heteroatoms. The maximum absolute atomic E-state index is 10.4. The zero-order valence-corrected chi connectivity index (χ0v) is 10.1. The Morgan fingerprint density at radius 3 is 2.46 bits per heavy atom. The average Bonchev–Trinajstić information content (AvgIpc) is 1.93. The van der Waals surface area contributed by atoms with E-state index in [1.807, 2.05) is 0 Å². The van der Waals surface area contributed by atoms with Crippen molar-refractivity contribution in [2.45, 2.75) is 39.4 Å². The van der Waals surface area contributed by atoms with Crippen LogP contribution in [0.25, 0.3) is 0 Å². The molecule has 0 saturated carbocycles. The zero-order chi connectivity index (χ0) is 10.3. The third kappa shape index (κ3) is 11.4. The van der Waals surface area contributed by atoms with E-state index in [0.29, 0.717) is 6.61 Å². The van der Waals surface area contributed by atoms with Gasteiger partial charge in [-0.3, -0.25) is 4.79 Å². The fraction of sp³-hybridized carbons (Fsp3) is 0.700. The molecule has 0 N–H and O–H groups in total. The van der Waals surface area contributed by atoms with Crippen LogP contribution < -0.4 is 0 Å². The summed E-state index contributed by atoms with van der Waals surface area (Å²) in [5.74, 6) is -0.186. The standard InChI is InChI=1S/C10H20O2Si/c1-10(11)12-8-6-5-7-9-13(2,3)4/h7,9H,5-6,8H2,1-4H3/b9-7+. The molecule has 0 aliphatic carbocycles. The number of ether oxygens (including phenoxy) is 1. The summed E-state index contributed by atoms with van der Waals surface area (Å²) in [6.45, 7) is 8.89. The molecule has 0 radical (unpaired) electrons. The topological polar surface area (TPSA) is 26.3 Å². The molecule has 0 aliphatic rings. The van der Waals surface area contributed by atoms with E-state index in [4.69, 9.17) is 4.74 Å². The highest BCUT2D eigenvalue weighted by Crippen LogP contribution is 2.03. The molecule has 0 rings (SSSR count). The second-order valence-electron chi connectivity index (χ2n) is 4.25. The highest BCUT2D eigenvalue weighted by molar-refractivity contribution is 6.80. The Morgan fingerprint density at radius 2 is 2.00 bits per heavy atom. The van der Waals surface area contributed by atoms with Crippen molar-refractivity contribution in [1.82, 2.24) is 0 Å². The van der Waals surface area contributed by atoms with Gasteiger partial charge in [0.2, 0.25) is 0 Å². The summed E-state index contributed by atoms with van der Waals surface area (Å²) in [6, 6.07) is 0. The lowest BCUT2D eigenvalue weighted by Crippen LogP contribution is -2.15. The maximum Gasteiger partial charge on any atom is 0.302 e. The SMILES string of the molecule is CC(=O)OCCC/C=C/[Si](C)(C)C. The number of rotatable bonds is 5. The largest absolute Gasteiger partial charge is 0.466 e. The summed E-state index contributed by atoms with van der Waals surface area (Å²) in [6.07, 6.45) is 4.15. The number of esters is 1. The van der Waals surface area contributed by atoms with Gasteiger partial charge < -0.3 is 4.74 Å². The zero-order valence-electron chi connectivity index (χ0n) is 9.09. The van der Waals surface area contributed by atoms with E-state index in [9.17, 15) is 4.79 Å². The summed E-state index contributed by atoms with van der Waals surface area (Å²) >= 11 is 0. The lowest BCUT2D eigenvalue weighted by Gasteiger charge is -2.07. The molecule has 0 fully saturated rings. The number of allylic oxidation sites excluding steroid dienone is 1. The lowest BCUT2D eigenvalue weighted by molar-refractivity contribution is -0.141. The van der Waals surface area contributed by atoms with Crippen LogP contribution in [0.2, 0.25) is 19.6 Å². The first-order chi connectivity index (χ1) is 5.92. The van der Waals surface area contributed by atoms with Crippen molar-refractivity contribution in [2.24, 2.45) is 0 Å². The van der Waals surface area contributed by atoms with Crippen molar-refractivity contribution in [3.05, 3.63) is 11.8 Å². The van der Waals surface area contributed by atoms with Gasteiger partial charge in [0.05, 0.1) is 14.7 Å². The highest BCUT2D eigenvalue weighted by Gasteiger charge is 2.05. The van der Waals surface area contributed by atoms with Crippen molar-refractivity contribution >= 4 is 14.0 Å². The molecule has 0 heterocycles. The van der Waals surface area contributed by atoms with Gasteiger partial charge in [0.25, 0.3) is 0 Å². The second kappa shape index (κ2) is 5.97. The fourth-order valence-electron chi connectivity index (χ4n) is 0.854. The molecule has 0 unspecified atom stereocenters. The van der Waals surface area contributed by atoms with Crippen LogP contribution in [0.4, 0.5) is 0 Å². The Labute approximate surface area is 82.0 Å². The van der Waals surface area contributed by atoms with Gasteiger partial charge in [-0.15, -0.1) is 0 Å². The molecule has 2 nitrogen and oxygen atoms in total. The Kier molecular flexibility index (Phi) is 5.71. The molecule has 0 amide bonds. The van der Waals surface area contributed by atoms with Gasteiger partial charge in [-0.1, -0.05) is 31.4 Å². The number of hydrogen-bond donors (Lipinski definition) is 0. The number of hydrogen-bond acceptors (Lipinski definition) is 2. The van der Waals surface area contributed by atoms with E-state index < -0.39 is 8.07 Å². The average molecular weight is 200 g/mol. The van der Waals surface area contributed by atoms with Gasteiger partial charge in [0.1, 0.15) is 0 Å². The van der Waals surface area contributed by atoms with Crippen molar-refractivity contribution < 1.29 is 9.53 Å². The van der Waals surface area contributed by atoms with Crippen molar-refractivity contribution in [1.29, 1.82) is 0 Å². The van der Waals surface area contributed by atoms with Crippen LogP contribution in [0.3, 0.4) is 0 Å². The van der Waals surface area contributed by atoms with Crippen LogP contribution in [0, 0.1) is 0 Å².